The van der Waals surface area contributed by atoms with E-state index in [4.69, 9.17) is 0 Å². The van der Waals surface area contributed by atoms with Gasteiger partial charge in [0.25, 0.3) is 0 Å². The molecule has 0 heterocycles. The SMILES string of the molecule is CCNCC(C)C(=O)c1c(F)ccc(Br)c1F. The van der Waals surface area contributed by atoms with Crippen LogP contribution in [0.2, 0.25) is 0 Å². The van der Waals surface area contributed by atoms with Gasteiger partial charge in [-0.2, -0.15) is 0 Å². The lowest BCUT2D eigenvalue weighted by Gasteiger charge is -2.12. The van der Waals surface area contributed by atoms with Crippen LogP contribution in [0, 0.1) is 17.6 Å². The van der Waals surface area contributed by atoms with E-state index in [0.717, 1.165) is 6.07 Å². The smallest absolute Gasteiger partial charge is 0.172 e. The first-order chi connectivity index (χ1) is 7.99. The maximum atomic E-state index is 13.7. The van der Waals surface area contributed by atoms with Gasteiger partial charge in [0, 0.05) is 12.5 Å². The number of ketones is 1. The standard InChI is InChI=1S/C12H14BrF2NO/c1-3-16-6-7(2)12(17)10-9(14)5-4-8(13)11(10)15/h4-5,7,16H,3,6H2,1-2H3. The van der Waals surface area contributed by atoms with Crippen LogP contribution in [0.15, 0.2) is 16.6 Å². The molecule has 0 spiro atoms. The summed E-state index contributed by atoms with van der Waals surface area (Å²) in [5, 5.41) is 2.97. The van der Waals surface area contributed by atoms with Gasteiger partial charge in [-0.1, -0.05) is 13.8 Å². The molecule has 94 valence electrons. The highest BCUT2D eigenvalue weighted by atomic mass is 79.9. The van der Waals surface area contributed by atoms with Crippen LogP contribution >= 0.6 is 15.9 Å². The average molecular weight is 306 g/mol. The number of benzene rings is 1. The number of carbonyl (C=O) groups is 1. The number of rotatable bonds is 5. The van der Waals surface area contributed by atoms with Gasteiger partial charge < -0.3 is 5.32 Å². The minimum atomic E-state index is -0.835. The van der Waals surface area contributed by atoms with Crippen LogP contribution < -0.4 is 5.32 Å². The van der Waals surface area contributed by atoms with E-state index >= 15 is 0 Å². The van der Waals surface area contributed by atoms with Crippen molar-refractivity contribution < 1.29 is 13.6 Å². The van der Waals surface area contributed by atoms with Crippen LogP contribution in [0.5, 0.6) is 0 Å². The highest BCUT2D eigenvalue weighted by Gasteiger charge is 2.23. The first-order valence-corrected chi connectivity index (χ1v) is 6.16. The molecule has 0 aliphatic heterocycles. The molecule has 0 saturated carbocycles. The Labute approximate surface area is 108 Å². The Bertz CT molecular complexity index is 423. The summed E-state index contributed by atoms with van der Waals surface area (Å²) < 4.78 is 27.2. The van der Waals surface area contributed by atoms with E-state index in [0.29, 0.717) is 13.1 Å². The Balaban J connectivity index is 2.99. The second kappa shape index (κ2) is 6.21. The second-order valence-electron chi connectivity index (χ2n) is 3.79. The van der Waals surface area contributed by atoms with E-state index in [9.17, 15) is 13.6 Å². The van der Waals surface area contributed by atoms with Crippen molar-refractivity contribution in [1.29, 1.82) is 0 Å². The zero-order valence-electron chi connectivity index (χ0n) is 9.69. The monoisotopic (exact) mass is 305 g/mol. The highest BCUT2D eigenvalue weighted by molar-refractivity contribution is 9.10. The lowest BCUT2D eigenvalue weighted by atomic mass is 9.98. The van der Waals surface area contributed by atoms with Crippen LogP contribution in [0.1, 0.15) is 24.2 Å². The fraction of sp³-hybridized carbons (Fsp3) is 0.417. The van der Waals surface area contributed by atoms with Crippen molar-refractivity contribution in [3.8, 4) is 0 Å². The summed E-state index contributed by atoms with van der Waals surface area (Å²) in [4.78, 5) is 11.9. The fourth-order valence-electron chi connectivity index (χ4n) is 1.45. The van der Waals surface area contributed by atoms with Crippen molar-refractivity contribution in [2.45, 2.75) is 13.8 Å². The van der Waals surface area contributed by atoms with Gasteiger partial charge in [0.1, 0.15) is 5.82 Å². The Morgan fingerprint density at radius 3 is 2.71 bits per heavy atom. The van der Waals surface area contributed by atoms with Crippen molar-refractivity contribution in [2.24, 2.45) is 5.92 Å². The van der Waals surface area contributed by atoms with Gasteiger partial charge >= 0.3 is 0 Å². The molecule has 0 aliphatic carbocycles. The summed E-state index contributed by atoms with van der Waals surface area (Å²) in [7, 11) is 0. The summed E-state index contributed by atoms with van der Waals surface area (Å²) in [6.45, 7) is 4.66. The van der Waals surface area contributed by atoms with Crippen molar-refractivity contribution in [3.63, 3.8) is 0 Å². The number of nitrogens with one attached hydrogen (secondary N) is 1. The van der Waals surface area contributed by atoms with Crippen LogP contribution in [0.25, 0.3) is 0 Å². The Kier molecular flexibility index (Phi) is 5.21. The van der Waals surface area contributed by atoms with E-state index in [1.165, 1.54) is 6.07 Å². The minimum Gasteiger partial charge on any atom is -0.316 e. The molecular formula is C12H14BrF2NO. The van der Waals surface area contributed by atoms with Crippen molar-refractivity contribution in [3.05, 3.63) is 33.8 Å². The van der Waals surface area contributed by atoms with Crippen LogP contribution in [-0.2, 0) is 0 Å². The third kappa shape index (κ3) is 3.33. The minimum absolute atomic E-state index is 0.0953. The molecule has 0 amide bonds. The van der Waals surface area contributed by atoms with Crippen LogP contribution in [-0.4, -0.2) is 18.9 Å². The van der Waals surface area contributed by atoms with Gasteiger partial charge in [0.2, 0.25) is 0 Å². The number of halogens is 3. The topological polar surface area (TPSA) is 29.1 Å². The molecule has 1 unspecified atom stereocenters. The predicted octanol–water partition coefficient (Wildman–Crippen LogP) is 3.16. The van der Waals surface area contributed by atoms with Gasteiger partial charge in [-0.25, -0.2) is 8.78 Å². The van der Waals surface area contributed by atoms with Crippen molar-refractivity contribution in [1.82, 2.24) is 5.32 Å². The highest BCUT2D eigenvalue weighted by Crippen LogP contribution is 2.23. The molecule has 1 atom stereocenters. The Morgan fingerprint density at radius 1 is 1.47 bits per heavy atom. The van der Waals surface area contributed by atoms with Gasteiger partial charge in [-0.15, -0.1) is 0 Å². The molecule has 2 nitrogen and oxygen atoms in total. The molecule has 0 aromatic heterocycles. The lowest BCUT2D eigenvalue weighted by Crippen LogP contribution is -2.27. The van der Waals surface area contributed by atoms with E-state index in [1.54, 1.807) is 6.92 Å². The summed E-state index contributed by atoms with van der Waals surface area (Å²) >= 11 is 2.94. The molecule has 5 heteroatoms. The summed E-state index contributed by atoms with van der Waals surface area (Å²) in [5.41, 5.74) is -0.468. The molecule has 1 aromatic carbocycles. The van der Waals surface area contributed by atoms with E-state index in [1.807, 2.05) is 6.92 Å². The number of Topliss-reactive ketones (excluding diaryl/α,β-unsaturated/α-hetero) is 1. The first kappa shape index (κ1) is 14.3. The third-order valence-electron chi connectivity index (χ3n) is 2.44. The number of hydrogen-bond donors (Lipinski definition) is 1. The van der Waals surface area contributed by atoms with Gasteiger partial charge in [0.15, 0.2) is 11.6 Å². The quantitative estimate of drug-likeness (QED) is 0.669. The average Bonchev–Trinajstić information content (AvgIpc) is 2.31. The second-order valence-corrected chi connectivity index (χ2v) is 4.65. The van der Waals surface area contributed by atoms with E-state index in [2.05, 4.69) is 21.2 Å². The molecular weight excluding hydrogens is 292 g/mol. The summed E-state index contributed by atoms with van der Waals surface area (Å²) in [6.07, 6.45) is 0. The van der Waals surface area contributed by atoms with Crippen LogP contribution in [0.3, 0.4) is 0 Å². The maximum absolute atomic E-state index is 13.7. The number of carbonyl (C=O) groups excluding carboxylic acids is 1. The Hall–Kier alpha value is -0.810. The van der Waals surface area contributed by atoms with Gasteiger partial charge in [-0.05, 0) is 34.6 Å². The Morgan fingerprint density at radius 2 is 2.12 bits per heavy atom. The van der Waals surface area contributed by atoms with Gasteiger partial charge in [-0.3, -0.25) is 4.79 Å². The molecule has 1 N–H and O–H groups in total. The normalized spacial score (nSPS) is 12.5. The largest absolute Gasteiger partial charge is 0.316 e. The fourth-order valence-corrected chi connectivity index (χ4v) is 1.78. The zero-order chi connectivity index (χ0) is 13.0. The molecule has 0 fully saturated rings. The number of hydrogen-bond acceptors (Lipinski definition) is 2. The molecule has 0 aliphatic rings. The predicted molar refractivity (Wildman–Crippen MR) is 66.1 cm³/mol. The molecule has 0 radical (unpaired) electrons. The van der Waals surface area contributed by atoms with E-state index < -0.39 is 28.9 Å². The van der Waals surface area contributed by atoms with Crippen LogP contribution in [0.4, 0.5) is 8.78 Å². The maximum Gasteiger partial charge on any atom is 0.172 e. The first-order valence-electron chi connectivity index (χ1n) is 5.37. The van der Waals surface area contributed by atoms with Crippen molar-refractivity contribution in [2.75, 3.05) is 13.1 Å². The zero-order valence-corrected chi connectivity index (χ0v) is 11.3. The molecule has 17 heavy (non-hydrogen) atoms. The summed E-state index contributed by atoms with van der Waals surface area (Å²) in [6, 6.07) is 2.33. The molecule has 1 aromatic rings. The molecule has 0 saturated heterocycles. The van der Waals surface area contributed by atoms with Gasteiger partial charge in [0.05, 0.1) is 10.0 Å². The lowest BCUT2D eigenvalue weighted by molar-refractivity contribution is 0.0920. The van der Waals surface area contributed by atoms with E-state index in [-0.39, 0.29) is 4.47 Å². The molecule has 0 bridgehead atoms. The van der Waals surface area contributed by atoms with Crippen molar-refractivity contribution >= 4 is 21.7 Å². The summed E-state index contributed by atoms with van der Waals surface area (Å²) in [5.74, 6) is -2.65. The molecule has 1 rings (SSSR count). The third-order valence-corrected chi connectivity index (χ3v) is 3.05.